The maximum atomic E-state index is 13.0. The number of sulfone groups is 1. The first-order chi connectivity index (χ1) is 13.9. The zero-order chi connectivity index (χ0) is 20.4. The first kappa shape index (κ1) is 20.3. The second kappa shape index (κ2) is 8.42. The summed E-state index contributed by atoms with van der Waals surface area (Å²) in [5.41, 5.74) is 1.86. The van der Waals surface area contributed by atoms with Gasteiger partial charge in [-0.25, -0.2) is 8.42 Å². The molecule has 1 unspecified atom stereocenters. The lowest BCUT2D eigenvalue weighted by Crippen LogP contribution is -2.52. The highest BCUT2D eigenvalue weighted by Crippen LogP contribution is 2.32. The van der Waals surface area contributed by atoms with Crippen molar-refractivity contribution in [3.8, 4) is 6.07 Å². The van der Waals surface area contributed by atoms with E-state index in [9.17, 15) is 13.2 Å². The van der Waals surface area contributed by atoms with E-state index in [4.69, 9.17) is 5.26 Å². The Hall–Kier alpha value is -1.95. The lowest BCUT2D eigenvalue weighted by molar-refractivity contribution is -0.135. The molecule has 0 spiro atoms. The van der Waals surface area contributed by atoms with Crippen molar-refractivity contribution < 1.29 is 13.2 Å². The molecule has 3 fully saturated rings. The number of hydrogen-bond acceptors (Lipinski definition) is 6. The van der Waals surface area contributed by atoms with Gasteiger partial charge in [-0.15, -0.1) is 0 Å². The third-order valence-corrected chi connectivity index (χ3v) is 7.89. The molecule has 0 bridgehead atoms. The summed E-state index contributed by atoms with van der Waals surface area (Å²) in [6.45, 7) is 4.70. The fourth-order valence-electron chi connectivity index (χ4n) is 4.37. The van der Waals surface area contributed by atoms with Crippen molar-refractivity contribution in [1.82, 2.24) is 14.7 Å². The van der Waals surface area contributed by atoms with E-state index < -0.39 is 9.84 Å². The van der Waals surface area contributed by atoms with Crippen LogP contribution in [0.25, 0.3) is 0 Å². The average molecular weight is 417 g/mol. The van der Waals surface area contributed by atoms with E-state index in [1.54, 1.807) is 0 Å². The molecule has 0 radical (unpaired) electrons. The Balaban J connectivity index is 1.27. The van der Waals surface area contributed by atoms with Crippen LogP contribution >= 0.6 is 0 Å². The third kappa shape index (κ3) is 5.16. The number of amides is 1. The van der Waals surface area contributed by atoms with E-state index in [0.29, 0.717) is 18.5 Å². The molecule has 156 valence electrons. The summed E-state index contributed by atoms with van der Waals surface area (Å²) in [6, 6.07) is 9.95. The van der Waals surface area contributed by atoms with Crippen molar-refractivity contribution in [2.24, 2.45) is 0 Å². The van der Waals surface area contributed by atoms with Gasteiger partial charge in [-0.1, -0.05) is 12.1 Å². The van der Waals surface area contributed by atoms with Gasteiger partial charge in [0.25, 0.3) is 0 Å². The number of benzene rings is 1. The lowest BCUT2D eigenvalue weighted by atomic mass is 10.1. The number of piperazine rings is 1. The Morgan fingerprint density at radius 1 is 1.03 bits per heavy atom. The van der Waals surface area contributed by atoms with Gasteiger partial charge in [0.15, 0.2) is 9.84 Å². The summed E-state index contributed by atoms with van der Waals surface area (Å²) in [5, 5.41) is 8.90. The highest BCUT2D eigenvalue weighted by Gasteiger charge is 2.42. The topological polar surface area (TPSA) is 84.7 Å². The summed E-state index contributed by atoms with van der Waals surface area (Å²) in [5.74, 6) is 0.436. The molecule has 4 rings (SSSR count). The summed E-state index contributed by atoms with van der Waals surface area (Å²) >= 11 is 0. The number of nitriles is 1. The minimum Gasteiger partial charge on any atom is -0.335 e. The van der Waals surface area contributed by atoms with E-state index in [1.165, 1.54) is 5.56 Å². The SMILES string of the molecule is N#Cc1ccc(CN2CCN(CC(=O)N(C3CC3)C3CCS(=O)(=O)C3)CC2)cc1. The van der Waals surface area contributed by atoms with Gasteiger partial charge in [-0.05, 0) is 37.0 Å². The first-order valence-corrected chi connectivity index (χ1v) is 12.2. The monoisotopic (exact) mass is 416 g/mol. The van der Waals surface area contributed by atoms with Crippen molar-refractivity contribution >= 4 is 15.7 Å². The Labute approximate surface area is 172 Å². The zero-order valence-electron chi connectivity index (χ0n) is 16.7. The maximum Gasteiger partial charge on any atom is 0.237 e. The van der Waals surface area contributed by atoms with Crippen LogP contribution in [0.2, 0.25) is 0 Å². The largest absolute Gasteiger partial charge is 0.335 e. The van der Waals surface area contributed by atoms with Gasteiger partial charge in [0.1, 0.15) is 0 Å². The summed E-state index contributed by atoms with van der Waals surface area (Å²) in [4.78, 5) is 19.4. The normalized spacial score (nSPS) is 24.9. The molecule has 7 nitrogen and oxygen atoms in total. The smallest absolute Gasteiger partial charge is 0.237 e. The maximum absolute atomic E-state index is 13.0. The van der Waals surface area contributed by atoms with Crippen molar-refractivity contribution in [1.29, 1.82) is 5.26 Å². The fraction of sp³-hybridized carbons (Fsp3) is 0.619. The van der Waals surface area contributed by atoms with Crippen molar-refractivity contribution in [2.45, 2.75) is 37.9 Å². The van der Waals surface area contributed by atoms with Gasteiger partial charge >= 0.3 is 0 Å². The molecule has 3 aliphatic rings. The van der Waals surface area contributed by atoms with Gasteiger partial charge < -0.3 is 4.90 Å². The van der Waals surface area contributed by atoms with Crippen LogP contribution < -0.4 is 0 Å². The molecule has 1 aromatic rings. The van der Waals surface area contributed by atoms with Gasteiger partial charge in [0.05, 0.1) is 29.7 Å². The molecule has 1 aromatic carbocycles. The standard InChI is InChI=1S/C21H28N4O3S/c22-13-17-1-3-18(4-2-17)14-23-8-10-24(11-9-23)15-21(26)25(19-5-6-19)20-7-12-29(27,28)16-20/h1-4,19-20H,5-12,14-16H2. The van der Waals surface area contributed by atoms with Gasteiger partial charge in [0, 0.05) is 44.8 Å². The van der Waals surface area contributed by atoms with Crippen molar-refractivity contribution in [3.63, 3.8) is 0 Å². The quantitative estimate of drug-likeness (QED) is 0.684. The predicted molar refractivity (Wildman–Crippen MR) is 110 cm³/mol. The fourth-order valence-corrected chi connectivity index (χ4v) is 6.09. The zero-order valence-corrected chi connectivity index (χ0v) is 17.5. The minimum atomic E-state index is -2.99. The van der Waals surface area contributed by atoms with E-state index in [1.807, 2.05) is 29.2 Å². The van der Waals surface area contributed by atoms with Crippen LogP contribution in [0.1, 0.15) is 30.4 Å². The molecule has 1 saturated carbocycles. The minimum absolute atomic E-state index is 0.0927. The highest BCUT2D eigenvalue weighted by atomic mass is 32.2. The van der Waals surface area contributed by atoms with Crippen LogP contribution in [0.4, 0.5) is 0 Å². The number of hydrogen-bond donors (Lipinski definition) is 0. The summed E-state index contributed by atoms with van der Waals surface area (Å²) in [6.07, 6.45) is 2.59. The molecule has 2 heterocycles. The number of carbonyl (C=O) groups is 1. The van der Waals surface area contributed by atoms with Crippen LogP contribution in [0.3, 0.4) is 0 Å². The third-order valence-electron chi connectivity index (χ3n) is 6.14. The van der Waals surface area contributed by atoms with Crippen molar-refractivity contribution in [2.75, 3.05) is 44.2 Å². The molecule has 2 saturated heterocycles. The lowest BCUT2D eigenvalue weighted by Gasteiger charge is -2.36. The molecular weight excluding hydrogens is 388 g/mol. The molecule has 0 aromatic heterocycles. The van der Waals surface area contributed by atoms with Crippen LogP contribution in [0, 0.1) is 11.3 Å². The second-order valence-corrected chi connectivity index (χ2v) is 10.7. The Morgan fingerprint density at radius 3 is 2.24 bits per heavy atom. The Morgan fingerprint density at radius 2 is 1.69 bits per heavy atom. The number of nitrogens with zero attached hydrogens (tertiary/aromatic N) is 4. The molecular formula is C21H28N4O3S. The Kier molecular flexibility index (Phi) is 5.91. The van der Waals surface area contributed by atoms with Gasteiger partial charge in [-0.2, -0.15) is 5.26 Å². The van der Waals surface area contributed by atoms with E-state index in [2.05, 4.69) is 15.9 Å². The first-order valence-electron chi connectivity index (χ1n) is 10.4. The molecule has 0 N–H and O–H groups in total. The molecule has 29 heavy (non-hydrogen) atoms. The van der Waals surface area contributed by atoms with Gasteiger partial charge in [-0.3, -0.25) is 14.6 Å². The van der Waals surface area contributed by atoms with Crippen LogP contribution in [-0.4, -0.2) is 85.3 Å². The van der Waals surface area contributed by atoms with E-state index >= 15 is 0 Å². The summed E-state index contributed by atoms with van der Waals surface area (Å²) in [7, 11) is -2.99. The molecule has 2 aliphatic heterocycles. The number of rotatable bonds is 6. The summed E-state index contributed by atoms with van der Waals surface area (Å²) < 4.78 is 23.7. The highest BCUT2D eigenvalue weighted by molar-refractivity contribution is 7.91. The van der Waals surface area contributed by atoms with Crippen molar-refractivity contribution in [3.05, 3.63) is 35.4 Å². The van der Waals surface area contributed by atoms with Crippen LogP contribution in [0.5, 0.6) is 0 Å². The van der Waals surface area contributed by atoms with E-state index in [0.717, 1.165) is 45.6 Å². The molecule has 1 aliphatic carbocycles. The van der Waals surface area contributed by atoms with Crippen LogP contribution in [0.15, 0.2) is 24.3 Å². The molecule has 1 amide bonds. The van der Waals surface area contributed by atoms with Gasteiger partial charge in [0.2, 0.25) is 5.91 Å². The Bertz CT molecular complexity index is 881. The predicted octanol–water partition coefficient (Wildman–Crippen LogP) is 0.854. The van der Waals surface area contributed by atoms with E-state index in [-0.39, 0.29) is 29.5 Å². The molecule has 8 heteroatoms. The average Bonchev–Trinajstić information content (AvgIpc) is 3.47. The van der Waals surface area contributed by atoms with Crippen LogP contribution in [-0.2, 0) is 21.2 Å². The molecule has 1 atom stereocenters. The number of carbonyl (C=O) groups excluding carboxylic acids is 1. The second-order valence-electron chi connectivity index (χ2n) is 8.45.